The lowest BCUT2D eigenvalue weighted by molar-refractivity contribution is 0.888. The quantitative estimate of drug-likeness (QED) is 0.683. The molecular weight excluding hydrogens is 150 g/mol. The van der Waals surface area contributed by atoms with Crippen LogP contribution in [0.4, 0.5) is 5.82 Å². The van der Waals surface area contributed by atoms with Crippen LogP contribution in [-0.2, 0) is 0 Å². The Morgan fingerprint density at radius 2 is 1.83 bits per heavy atom. The van der Waals surface area contributed by atoms with Gasteiger partial charge in [-0.3, -0.25) is 0 Å². The van der Waals surface area contributed by atoms with Crippen molar-refractivity contribution in [3.63, 3.8) is 0 Å². The second kappa shape index (κ2) is 2.44. The highest BCUT2D eigenvalue weighted by molar-refractivity contribution is 5.44. The third kappa shape index (κ3) is 1.05. The summed E-state index contributed by atoms with van der Waals surface area (Å²) in [5.41, 5.74) is 9.11. The predicted octanol–water partition coefficient (Wildman–Crippen LogP) is 1.55. The summed E-state index contributed by atoms with van der Waals surface area (Å²) in [6, 6.07) is 0. The molecule has 3 nitrogen and oxygen atoms in total. The van der Waals surface area contributed by atoms with Crippen LogP contribution in [0.2, 0.25) is 0 Å². The molecule has 0 amide bonds. The second-order valence-electron chi connectivity index (χ2n) is 3.49. The summed E-state index contributed by atoms with van der Waals surface area (Å²) >= 11 is 0. The summed E-state index contributed by atoms with van der Waals surface area (Å²) < 4.78 is 0. The summed E-state index contributed by atoms with van der Waals surface area (Å²) in [6.07, 6.45) is 2.53. The standard InChI is InChI=1S/C9H13N3/c1-5-6(2)9(10)12-11-8(5)7-3-4-7/h7H,3-4H2,1-2H3,(H2,10,12). The van der Waals surface area contributed by atoms with Crippen LogP contribution in [0, 0.1) is 13.8 Å². The van der Waals surface area contributed by atoms with Crippen LogP contribution in [0.25, 0.3) is 0 Å². The molecule has 0 radical (unpaired) electrons. The molecule has 1 aromatic rings. The number of nitrogen functional groups attached to an aromatic ring is 1. The van der Waals surface area contributed by atoms with E-state index in [2.05, 4.69) is 17.1 Å². The topological polar surface area (TPSA) is 51.8 Å². The van der Waals surface area contributed by atoms with Crippen LogP contribution in [-0.4, -0.2) is 10.2 Å². The Kier molecular flexibility index (Phi) is 1.53. The molecule has 1 heterocycles. The second-order valence-corrected chi connectivity index (χ2v) is 3.49. The highest BCUT2D eigenvalue weighted by Crippen LogP contribution is 2.40. The van der Waals surface area contributed by atoms with Gasteiger partial charge in [0.25, 0.3) is 0 Å². The lowest BCUT2D eigenvalue weighted by atomic mass is 10.1. The van der Waals surface area contributed by atoms with Gasteiger partial charge in [0.2, 0.25) is 0 Å². The molecule has 1 aliphatic carbocycles. The Balaban J connectivity index is 2.49. The van der Waals surface area contributed by atoms with Crippen molar-refractivity contribution < 1.29 is 0 Å². The minimum Gasteiger partial charge on any atom is -0.382 e. The third-order valence-corrected chi connectivity index (χ3v) is 2.56. The van der Waals surface area contributed by atoms with E-state index in [0.29, 0.717) is 11.7 Å². The fraction of sp³-hybridized carbons (Fsp3) is 0.556. The van der Waals surface area contributed by atoms with Gasteiger partial charge in [-0.2, -0.15) is 5.10 Å². The SMILES string of the molecule is Cc1c(N)nnc(C2CC2)c1C. The molecule has 2 rings (SSSR count). The Hall–Kier alpha value is -1.12. The Bertz CT molecular complexity index is 316. The maximum atomic E-state index is 5.64. The van der Waals surface area contributed by atoms with E-state index in [4.69, 9.17) is 5.73 Å². The number of anilines is 1. The van der Waals surface area contributed by atoms with Crippen molar-refractivity contribution in [2.24, 2.45) is 0 Å². The van der Waals surface area contributed by atoms with Gasteiger partial charge in [0.15, 0.2) is 0 Å². The van der Waals surface area contributed by atoms with Gasteiger partial charge < -0.3 is 5.73 Å². The molecule has 0 unspecified atom stereocenters. The van der Waals surface area contributed by atoms with Crippen LogP contribution in [0.15, 0.2) is 0 Å². The summed E-state index contributed by atoms with van der Waals surface area (Å²) in [7, 11) is 0. The summed E-state index contributed by atoms with van der Waals surface area (Å²) in [5.74, 6) is 1.23. The van der Waals surface area contributed by atoms with E-state index < -0.39 is 0 Å². The van der Waals surface area contributed by atoms with Crippen molar-refractivity contribution in [1.29, 1.82) is 0 Å². The van der Waals surface area contributed by atoms with Crippen LogP contribution in [0.3, 0.4) is 0 Å². The maximum Gasteiger partial charge on any atom is 0.149 e. The zero-order valence-corrected chi connectivity index (χ0v) is 7.46. The highest BCUT2D eigenvalue weighted by Gasteiger charge is 2.27. The molecular formula is C9H13N3. The fourth-order valence-corrected chi connectivity index (χ4v) is 1.39. The van der Waals surface area contributed by atoms with Crippen LogP contribution in [0.5, 0.6) is 0 Å². The van der Waals surface area contributed by atoms with Gasteiger partial charge in [-0.1, -0.05) is 0 Å². The Morgan fingerprint density at radius 3 is 2.42 bits per heavy atom. The lowest BCUT2D eigenvalue weighted by Gasteiger charge is -2.06. The summed E-state index contributed by atoms with van der Waals surface area (Å²) in [5, 5.41) is 8.05. The number of aromatic nitrogens is 2. The first kappa shape index (κ1) is 7.53. The highest BCUT2D eigenvalue weighted by atomic mass is 15.1. The van der Waals surface area contributed by atoms with E-state index in [1.54, 1.807) is 0 Å². The molecule has 0 aromatic carbocycles. The van der Waals surface area contributed by atoms with Gasteiger partial charge in [-0.25, -0.2) is 0 Å². The van der Waals surface area contributed by atoms with Crippen molar-refractivity contribution in [2.45, 2.75) is 32.6 Å². The third-order valence-electron chi connectivity index (χ3n) is 2.56. The average Bonchev–Trinajstić information content (AvgIpc) is 2.84. The van der Waals surface area contributed by atoms with Gasteiger partial charge in [-0.15, -0.1) is 5.10 Å². The van der Waals surface area contributed by atoms with Gasteiger partial charge in [0.1, 0.15) is 5.82 Å². The summed E-state index contributed by atoms with van der Waals surface area (Å²) in [4.78, 5) is 0. The average molecular weight is 163 g/mol. The van der Waals surface area contributed by atoms with Gasteiger partial charge >= 0.3 is 0 Å². The molecule has 0 saturated heterocycles. The fourth-order valence-electron chi connectivity index (χ4n) is 1.39. The van der Waals surface area contributed by atoms with E-state index in [-0.39, 0.29) is 0 Å². The van der Waals surface area contributed by atoms with Gasteiger partial charge in [0, 0.05) is 5.92 Å². The predicted molar refractivity (Wildman–Crippen MR) is 47.9 cm³/mol. The smallest absolute Gasteiger partial charge is 0.149 e. The van der Waals surface area contributed by atoms with Crippen molar-refractivity contribution >= 4 is 5.82 Å². The van der Waals surface area contributed by atoms with E-state index in [1.807, 2.05) is 6.92 Å². The molecule has 1 aromatic heterocycles. The first-order valence-corrected chi connectivity index (χ1v) is 4.29. The molecule has 12 heavy (non-hydrogen) atoms. The van der Waals surface area contributed by atoms with Crippen LogP contribution in [0.1, 0.15) is 35.6 Å². The van der Waals surface area contributed by atoms with E-state index in [9.17, 15) is 0 Å². The lowest BCUT2D eigenvalue weighted by Crippen LogP contribution is -2.03. The first-order valence-electron chi connectivity index (χ1n) is 4.29. The number of hydrogen-bond donors (Lipinski definition) is 1. The molecule has 3 heteroatoms. The van der Waals surface area contributed by atoms with Crippen LogP contribution >= 0.6 is 0 Å². The molecule has 1 fully saturated rings. The van der Waals surface area contributed by atoms with Crippen LogP contribution < -0.4 is 5.73 Å². The number of hydrogen-bond acceptors (Lipinski definition) is 3. The van der Waals surface area contributed by atoms with Crippen molar-refractivity contribution in [2.75, 3.05) is 5.73 Å². The minimum atomic E-state index is 0.567. The number of rotatable bonds is 1. The Morgan fingerprint density at radius 1 is 1.17 bits per heavy atom. The number of nitrogens with zero attached hydrogens (tertiary/aromatic N) is 2. The Labute approximate surface area is 72.0 Å². The van der Waals surface area contributed by atoms with Crippen molar-refractivity contribution in [3.8, 4) is 0 Å². The summed E-state index contributed by atoms with van der Waals surface area (Å²) in [6.45, 7) is 4.08. The first-order chi connectivity index (χ1) is 5.70. The molecule has 0 bridgehead atoms. The number of nitrogens with two attached hydrogens (primary N) is 1. The molecule has 1 saturated carbocycles. The maximum absolute atomic E-state index is 5.64. The zero-order chi connectivity index (χ0) is 8.72. The van der Waals surface area contributed by atoms with Gasteiger partial charge in [0.05, 0.1) is 5.69 Å². The molecule has 2 N–H and O–H groups in total. The molecule has 0 spiro atoms. The van der Waals surface area contributed by atoms with E-state index >= 15 is 0 Å². The minimum absolute atomic E-state index is 0.567. The monoisotopic (exact) mass is 163 g/mol. The molecule has 64 valence electrons. The zero-order valence-electron chi connectivity index (χ0n) is 7.46. The van der Waals surface area contributed by atoms with E-state index in [0.717, 1.165) is 11.3 Å². The molecule has 0 atom stereocenters. The normalized spacial score (nSPS) is 16.5. The largest absolute Gasteiger partial charge is 0.382 e. The van der Waals surface area contributed by atoms with Gasteiger partial charge in [-0.05, 0) is 37.8 Å². The molecule has 1 aliphatic rings. The molecule has 0 aliphatic heterocycles. The van der Waals surface area contributed by atoms with Crippen molar-refractivity contribution in [3.05, 3.63) is 16.8 Å². The van der Waals surface area contributed by atoms with Crippen molar-refractivity contribution in [1.82, 2.24) is 10.2 Å². The van der Waals surface area contributed by atoms with E-state index in [1.165, 1.54) is 18.4 Å².